The molecule has 9 heteroatoms. The predicted molar refractivity (Wildman–Crippen MR) is 113 cm³/mol. The molecule has 0 radical (unpaired) electrons. The molecule has 28 heavy (non-hydrogen) atoms. The SMILES string of the molecule is Cl.O=c1n(CCC[N+]2([O-])CCN(c3cccc(Cl)c3)CC2)nc2ccccn12. The van der Waals surface area contributed by atoms with Crippen LogP contribution in [0.2, 0.25) is 5.02 Å². The average molecular weight is 424 g/mol. The number of rotatable bonds is 5. The van der Waals surface area contributed by atoms with Crippen molar-refractivity contribution in [1.82, 2.24) is 14.2 Å². The van der Waals surface area contributed by atoms with Gasteiger partial charge in [-0.25, -0.2) is 9.48 Å². The maximum atomic E-state index is 13.0. The van der Waals surface area contributed by atoms with Gasteiger partial charge in [-0.2, -0.15) is 0 Å². The van der Waals surface area contributed by atoms with E-state index >= 15 is 0 Å². The van der Waals surface area contributed by atoms with Gasteiger partial charge in [-0.1, -0.05) is 23.7 Å². The Labute approximate surface area is 174 Å². The summed E-state index contributed by atoms with van der Waals surface area (Å²) in [5.74, 6) is 0. The Bertz CT molecular complexity index is 995. The average Bonchev–Trinajstić information content (AvgIpc) is 2.98. The Balaban J connectivity index is 0.00000225. The predicted octanol–water partition coefficient (Wildman–Crippen LogP) is 2.80. The number of aryl methyl sites for hydroxylation is 1. The first-order valence-corrected chi connectivity index (χ1v) is 9.54. The summed E-state index contributed by atoms with van der Waals surface area (Å²) in [6, 6.07) is 13.2. The summed E-state index contributed by atoms with van der Waals surface area (Å²) in [6.07, 6.45) is 2.34. The molecule has 1 aliphatic heterocycles. The quantitative estimate of drug-likeness (QED) is 0.467. The van der Waals surface area contributed by atoms with Crippen molar-refractivity contribution in [2.45, 2.75) is 13.0 Å². The molecule has 0 unspecified atom stereocenters. The minimum Gasteiger partial charge on any atom is -0.633 e. The lowest BCUT2D eigenvalue weighted by Gasteiger charge is -2.48. The molecule has 0 bridgehead atoms. The van der Waals surface area contributed by atoms with Gasteiger partial charge in [0.2, 0.25) is 0 Å². The van der Waals surface area contributed by atoms with E-state index in [1.54, 1.807) is 18.3 Å². The van der Waals surface area contributed by atoms with Crippen LogP contribution < -0.4 is 10.6 Å². The van der Waals surface area contributed by atoms with Gasteiger partial charge < -0.3 is 14.8 Å². The number of aromatic nitrogens is 3. The van der Waals surface area contributed by atoms with Crippen LogP contribution in [0.15, 0.2) is 53.5 Å². The number of piperazine rings is 1. The summed E-state index contributed by atoms with van der Waals surface area (Å²) in [5.41, 5.74) is 1.53. The van der Waals surface area contributed by atoms with E-state index in [2.05, 4.69) is 10.00 Å². The van der Waals surface area contributed by atoms with Crippen molar-refractivity contribution in [3.8, 4) is 0 Å². The van der Waals surface area contributed by atoms with E-state index in [0.717, 1.165) is 5.69 Å². The number of pyridine rings is 1. The van der Waals surface area contributed by atoms with Crippen LogP contribution in [0.25, 0.3) is 5.65 Å². The molecule has 0 aliphatic carbocycles. The second kappa shape index (κ2) is 8.53. The molecule has 2 aromatic heterocycles. The fourth-order valence-electron chi connectivity index (χ4n) is 3.61. The number of halogens is 2. The highest BCUT2D eigenvalue weighted by Gasteiger charge is 2.25. The van der Waals surface area contributed by atoms with E-state index in [0.29, 0.717) is 56.4 Å². The van der Waals surface area contributed by atoms with Crippen molar-refractivity contribution in [3.63, 3.8) is 0 Å². The second-order valence-electron chi connectivity index (χ2n) is 6.98. The van der Waals surface area contributed by atoms with Crippen molar-refractivity contribution in [1.29, 1.82) is 0 Å². The number of hydrogen-bond acceptors (Lipinski definition) is 4. The summed E-state index contributed by atoms with van der Waals surface area (Å²) >= 11 is 6.06. The molecule has 3 heterocycles. The maximum Gasteiger partial charge on any atom is 0.350 e. The van der Waals surface area contributed by atoms with Crippen LogP contribution in [-0.4, -0.2) is 51.6 Å². The molecule has 0 N–H and O–H groups in total. The molecular formula is C19H23Cl2N5O2. The van der Waals surface area contributed by atoms with Gasteiger partial charge in [0.25, 0.3) is 0 Å². The lowest BCUT2D eigenvalue weighted by Crippen LogP contribution is -2.56. The molecule has 1 aliphatic rings. The first-order valence-electron chi connectivity index (χ1n) is 9.16. The Kier molecular flexibility index (Phi) is 6.30. The zero-order valence-electron chi connectivity index (χ0n) is 15.4. The zero-order valence-corrected chi connectivity index (χ0v) is 17.0. The van der Waals surface area contributed by atoms with Gasteiger partial charge in [0, 0.05) is 23.3 Å². The van der Waals surface area contributed by atoms with E-state index in [4.69, 9.17) is 11.6 Å². The summed E-state index contributed by atoms with van der Waals surface area (Å²) < 4.78 is 2.74. The summed E-state index contributed by atoms with van der Waals surface area (Å²) in [4.78, 5) is 14.5. The molecular weight excluding hydrogens is 401 g/mol. The van der Waals surface area contributed by atoms with Crippen molar-refractivity contribution >= 4 is 35.3 Å². The molecule has 0 saturated carbocycles. The molecule has 7 nitrogen and oxygen atoms in total. The van der Waals surface area contributed by atoms with E-state index in [1.807, 2.05) is 30.3 Å². The highest BCUT2D eigenvalue weighted by molar-refractivity contribution is 6.30. The van der Waals surface area contributed by atoms with Crippen LogP contribution in [-0.2, 0) is 6.54 Å². The highest BCUT2D eigenvalue weighted by atomic mass is 35.5. The van der Waals surface area contributed by atoms with E-state index in [1.165, 1.54) is 9.08 Å². The molecule has 3 aromatic rings. The second-order valence-corrected chi connectivity index (χ2v) is 7.42. The number of benzene rings is 1. The molecule has 1 fully saturated rings. The Hall–Kier alpha value is -2.06. The van der Waals surface area contributed by atoms with Crippen LogP contribution in [0, 0.1) is 5.21 Å². The van der Waals surface area contributed by atoms with Crippen LogP contribution >= 0.6 is 24.0 Å². The normalized spacial score (nSPS) is 16.1. The van der Waals surface area contributed by atoms with Gasteiger partial charge in [0.15, 0.2) is 5.65 Å². The van der Waals surface area contributed by atoms with Gasteiger partial charge in [-0.05, 0) is 30.3 Å². The summed E-state index contributed by atoms with van der Waals surface area (Å²) in [6.45, 7) is 3.43. The lowest BCUT2D eigenvalue weighted by atomic mass is 10.2. The number of hydroxylamine groups is 3. The van der Waals surface area contributed by atoms with Gasteiger partial charge in [-0.15, -0.1) is 17.5 Å². The van der Waals surface area contributed by atoms with Crippen molar-refractivity contribution in [2.75, 3.05) is 37.6 Å². The van der Waals surface area contributed by atoms with E-state index < -0.39 is 0 Å². The highest BCUT2D eigenvalue weighted by Crippen LogP contribution is 2.22. The van der Waals surface area contributed by atoms with Gasteiger partial charge >= 0.3 is 5.69 Å². The molecule has 1 aromatic carbocycles. The van der Waals surface area contributed by atoms with Gasteiger partial charge in [0.1, 0.15) is 0 Å². The van der Waals surface area contributed by atoms with Crippen molar-refractivity contribution < 1.29 is 4.65 Å². The number of nitrogens with zero attached hydrogens (tertiary/aromatic N) is 5. The van der Waals surface area contributed by atoms with Crippen LogP contribution in [0.3, 0.4) is 0 Å². The third-order valence-corrected chi connectivity index (χ3v) is 5.39. The van der Waals surface area contributed by atoms with Gasteiger partial charge in [-0.3, -0.25) is 4.40 Å². The lowest BCUT2D eigenvalue weighted by molar-refractivity contribution is -0.881. The largest absolute Gasteiger partial charge is 0.633 e. The number of fused-ring (bicyclic) bond motifs is 1. The van der Waals surface area contributed by atoms with Crippen LogP contribution in [0.1, 0.15) is 6.42 Å². The first-order chi connectivity index (χ1) is 13.0. The third kappa shape index (κ3) is 4.33. The van der Waals surface area contributed by atoms with Gasteiger partial charge in [0.05, 0.1) is 39.3 Å². The Morgan fingerprint density at radius 1 is 1.14 bits per heavy atom. The van der Waals surface area contributed by atoms with E-state index in [-0.39, 0.29) is 22.7 Å². The van der Waals surface area contributed by atoms with Crippen LogP contribution in [0.5, 0.6) is 0 Å². The summed E-state index contributed by atoms with van der Waals surface area (Å²) in [5, 5.41) is 18.0. The fraction of sp³-hybridized carbons (Fsp3) is 0.368. The minimum absolute atomic E-state index is 0. The molecule has 0 atom stereocenters. The van der Waals surface area contributed by atoms with Crippen molar-refractivity contribution in [2.24, 2.45) is 0 Å². The summed E-state index contributed by atoms with van der Waals surface area (Å²) in [7, 11) is 0. The Morgan fingerprint density at radius 3 is 2.64 bits per heavy atom. The molecule has 150 valence electrons. The number of hydrogen-bond donors (Lipinski definition) is 0. The van der Waals surface area contributed by atoms with Crippen LogP contribution in [0.4, 0.5) is 5.69 Å². The minimum atomic E-state index is -0.223. The standard InChI is InChI=1S/C19H22ClN5O2.ClH/c20-16-5-3-6-17(15-16)22-10-13-25(27,14-11-22)12-4-9-24-19(26)23-8-2-1-7-18(23)21-24;/h1-3,5-8,15H,4,9-14H2;1H. The molecule has 0 amide bonds. The number of quaternary nitrogens is 1. The first kappa shape index (κ1) is 20.7. The third-order valence-electron chi connectivity index (χ3n) is 5.15. The smallest absolute Gasteiger partial charge is 0.350 e. The monoisotopic (exact) mass is 423 g/mol. The maximum absolute atomic E-state index is 13.0. The molecule has 0 spiro atoms. The Morgan fingerprint density at radius 2 is 1.93 bits per heavy atom. The molecule has 1 saturated heterocycles. The van der Waals surface area contributed by atoms with E-state index in [9.17, 15) is 10.0 Å². The number of anilines is 1. The topological polar surface area (TPSA) is 65.6 Å². The van der Waals surface area contributed by atoms with Crippen molar-refractivity contribution in [3.05, 3.63) is 69.4 Å². The zero-order chi connectivity index (χ0) is 18.9. The fourth-order valence-corrected chi connectivity index (χ4v) is 3.79. The molecule has 4 rings (SSSR count).